The second-order valence-electron chi connectivity index (χ2n) is 10.7. The van der Waals surface area contributed by atoms with Crippen molar-refractivity contribution in [3.63, 3.8) is 0 Å². The standard InChI is InChI=1S/C30H34N8O4S/c1-38(2)43(41,42)26-10-6-9-25(19-26)31-30(40)32-27(22-13-11-21(12-14-22)20-7-4-3-5-8-20)23-15-17-24(18-16-23)28(39)33-29-34-36-37-35-29/h6,9-20,27H,3-5,7-8H2,1-2H3,(H2,31,32,40)(H2,33,34,35,36,37,39). The third kappa shape index (κ3) is 7.24. The molecule has 4 aromatic rings. The maximum absolute atomic E-state index is 13.3. The third-order valence-corrected chi connectivity index (χ3v) is 9.38. The number of aromatic nitrogens is 4. The molecule has 1 aliphatic carbocycles. The number of anilines is 2. The van der Waals surface area contributed by atoms with Crippen LogP contribution in [0.5, 0.6) is 0 Å². The topological polar surface area (TPSA) is 162 Å². The Bertz CT molecular complexity index is 1650. The van der Waals surface area contributed by atoms with Gasteiger partial charge in [0, 0.05) is 25.3 Å². The van der Waals surface area contributed by atoms with Gasteiger partial charge in [0.05, 0.1) is 10.9 Å². The molecule has 224 valence electrons. The van der Waals surface area contributed by atoms with Crippen LogP contribution >= 0.6 is 0 Å². The maximum atomic E-state index is 13.3. The lowest BCUT2D eigenvalue weighted by atomic mass is 9.83. The predicted molar refractivity (Wildman–Crippen MR) is 162 cm³/mol. The average molecular weight is 603 g/mol. The van der Waals surface area contributed by atoms with E-state index in [1.165, 1.54) is 63.9 Å². The first kappa shape index (κ1) is 29.9. The minimum atomic E-state index is -3.67. The normalized spacial score (nSPS) is 14.7. The molecule has 0 aliphatic heterocycles. The number of carbonyl (C=O) groups is 2. The molecule has 0 bridgehead atoms. The number of hydrogen-bond acceptors (Lipinski definition) is 7. The molecule has 1 aromatic heterocycles. The van der Waals surface area contributed by atoms with Crippen molar-refractivity contribution in [2.75, 3.05) is 24.7 Å². The SMILES string of the molecule is CN(C)S(=O)(=O)c1cccc(NC(=O)NC(c2ccc(C(=O)Nc3nn[nH]n3)cc2)c2ccc(C3CCCCC3)cc2)c1. The van der Waals surface area contributed by atoms with Gasteiger partial charge in [-0.3, -0.25) is 10.1 Å². The molecule has 1 atom stereocenters. The van der Waals surface area contributed by atoms with Crippen molar-refractivity contribution in [2.24, 2.45) is 0 Å². The summed E-state index contributed by atoms with van der Waals surface area (Å²) in [5.41, 5.74) is 3.62. The van der Waals surface area contributed by atoms with Crippen molar-refractivity contribution in [3.05, 3.63) is 95.1 Å². The van der Waals surface area contributed by atoms with Gasteiger partial charge < -0.3 is 10.6 Å². The van der Waals surface area contributed by atoms with Crippen LogP contribution in [-0.4, -0.2) is 59.4 Å². The molecule has 5 rings (SSSR count). The van der Waals surface area contributed by atoms with Crippen LogP contribution in [0, 0.1) is 0 Å². The van der Waals surface area contributed by atoms with Crippen LogP contribution in [0.1, 0.15) is 71.1 Å². The fourth-order valence-electron chi connectivity index (χ4n) is 5.21. The maximum Gasteiger partial charge on any atom is 0.319 e. The summed E-state index contributed by atoms with van der Waals surface area (Å²) in [6, 6.07) is 20.2. The monoisotopic (exact) mass is 602 g/mol. The molecule has 1 aliphatic rings. The Labute approximate surface area is 250 Å². The largest absolute Gasteiger partial charge is 0.327 e. The highest BCUT2D eigenvalue weighted by Gasteiger charge is 2.22. The van der Waals surface area contributed by atoms with Gasteiger partial charge in [-0.25, -0.2) is 17.5 Å². The van der Waals surface area contributed by atoms with Crippen molar-refractivity contribution in [1.29, 1.82) is 0 Å². The number of sulfonamides is 1. The van der Waals surface area contributed by atoms with Crippen LogP contribution in [0.4, 0.5) is 16.4 Å². The lowest BCUT2D eigenvalue weighted by Crippen LogP contribution is -2.33. The summed E-state index contributed by atoms with van der Waals surface area (Å²) in [6.45, 7) is 0. The van der Waals surface area contributed by atoms with Crippen molar-refractivity contribution in [1.82, 2.24) is 30.2 Å². The molecule has 13 heteroatoms. The Hall–Kier alpha value is -4.62. The number of nitrogens with zero attached hydrogens (tertiary/aromatic N) is 4. The van der Waals surface area contributed by atoms with E-state index in [0.717, 1.165) is 15.4 Å². The number of aromatic amines is 1. The Balaban J connectivity index is 1.38. The number of rotatable bonds is 9. The number of tetrazole rings is 1. The molecular formula is C30H34N8O4S. The molecule has 1 saturated carbocycles. The van der Waals surface area contributed by atoms with Crippen molar-refractivity contribution < 1.29 is 18.0 Å². The Morgan fingerprint density at radius 1 is 0.907 bits per heavy atom. The molecule has 0 radical (unpaired) electrons. The number of carbonyl (C=O) groups excluding carboxylic acids is 2. The molecule has 1 unspecified atom stereocenters. The number of nitrogens with one attached hydrogen (secondary N) is 4. The Kier molecular flexibility index (Phi) is 9.12. The summed E-state index contributed by atoms with van der Waals surface area (Å²) >= 11 is 0. The van der Waals surface area contributed by atoms with E-state index in [-0.39, 0.29) is 10.8 Å². The van der Waals surface area contributed by atoms with E-state index < -0.39 is 28.0 Å². The molecule has 0 saturated heterocycles. The highest BCUT2D eigenvalue weighted by molar-refractivity contribution is 7.89. The van der Waals surface area contributed by atoms with Gasteiger partial charge in [0.15, 0.2) is 0 Å². The molecule has 4 N–H and O–H groups in total. The molecule has 43 heavy (non-hydrogen) atoms. The molecule has 0 spiro atoms. The second-order valence-corrected chi connectivity index (χ2v) is 12.8. The highest BCUT2D eigenvalue weighted by atomic mass is 32.2. The number of benzene rings is 3. The van der Waals surface area contributed by atoms with E-state index >= 15 is 0 Å². The fraction of sp³-hybridized carbons (Fsp3) is 0.300. The lowest BCUT2D eigenvalue weighted by Gasteiger charge is -2.24. The number of urea groups is 1. The lowest BCUT2D eigenvalue weighted by molar-refractivity contribution is 0.102. The molecule has 12 nitrogen and oxygen atoms in total. The van der Waals surface area contributed by atoms with Crippen LogP contribution in [0.3, 0.4) is 0 Å². The number of amides is 3. The molecule has 1 heterocycles. The summed E-state index contributed by atoms with van der Waals surface area (Å²) in [5.74, 6) is 0.200. The first-order valence-electron chi connectivity index (χ1n) is 14.1. The summed E-state index contributed by atoms with van der Waals surface area (Å²) < 4.78 is 26.3. The summed E-state index contributed by atoms with van der Waals surface area (Å²) in [4.78, 5) is 25.9. The van der Waals surface area contributed by atoms with Crippen LogP contribution in [-0.2, 0) is 10.0 Å². The number of H-pyrrole nitrogens is 1. The minimum absolute atomic E-state index is 0.0609. The van der Waals surface area contributed by atoms with Crippen LogP contribution in [0.2, 0.25) is 0 Å². The van der Waals surface area contributed by atoms with E-state index in [4.69, 9.17) is 0 Å². The van der Waals surface area contributed by atoms with Gasteiger partial charge in [-0.1, -0.05) is 66.8 Å². The van der Waals surface area contributed by atoms with E-state index in [2.05, 4.69) is 48.7 Å². The van der Waals surface area contributed by atoms with E-state index in [1.54, 1.807) is 36.4 Å². The highest BCUT2D eigenvalue weighted by Crippen LogP contribution is 2.33. The molecular weight excluding hydrogens is 568 g/mol. The van der Waals surface area contributed by atoms with Gasteiger partial charge in [-0.15, -0.1) is 5.10 Å². The second kappa shape index (κ2) is 13.1. The summed E-state index contributed by atoms with van der Waals surface area (Å²) in [7, 11) is -0.768. The summed E-state index contributed by atoms with van der Waals surface area (Å²) in [5, 5.41) is 21.5. The smallest absolute Gasteiger partial charge is 0.319 e. The van der Waals surface area contributed by atoms with Crippen LogP contribution in [0.25, 0.3) is 0 Å². The van der Waals surface area contributed by atoms with Gasteiger partial charge in [-0.05, 0) is 71.0 Å². The zero-order valence-electron chi connectivity index (χ0n) is 23.9. The molecule has 3 amide bonds. The predicted octanol–water partition coefficient (Wildman–Crippen LogP) is 4.66. The van der Waals surface area contributed by atoms with Crippen molar-refractivity contribution in [3.8, 4) is 0 Å². The minimum Gasteiger partial charge on any atom is -0.327 e. The number of hydrogen-bond donors (Lipinski definition) is 4. The molecule has 3 aromatic carbocycles. The van der Waals surface area contributed by atoms with E-state index in [9.17, 15) is 18.0 Å². The van der Waals surface area contributed by atoms with Gasteiger partial charge in [-0.2, -0.15) is 5.21 Å². The Morgan fingerprint density at radius 3 is 2.21 bits per heavy atom. The van der Waals surface area contributed by atoms with Gasteiger partial charge in [0.1, 0.15) is 0 Å². The van der Waals surface area contributed by atoms with Gasteiger partial charge in [0.25, 0.3) is 11.9 Å². The quantitative estimate of drug-likeness (QED) is 0.217. The first-order valence-corrected chi connectivity index (χ1v) is 15.5. The van der Waals surface area contributed by atoms with Gasteiger partial charge >= 0.3 is 6.03 Å². The average Bonchev–Trinajstić information content (AvgIpc) is 3.54. The van der Waals surface area contributed by atoms with E-state index in [0.29, 0.717) is 17.2 Å². The van der Waals surface area contributed by atoms with Crippen molar-refractivity contribution >= 4 is 33.6 Å². The fourth-order valence-corrected chi connectivity index (χ4v) is 6.16. The van der Waals surface area contributed by atoms with Crippen LogP contribution in [0.15, 0.2) is 77.7 Å². The van der Waals surface area contributed by atoms with Gasteiger partial charge in [0.2, 0.25) is 10.0 Å². The van der Waals surface area contributed by atoms with E-state index in [1.807, 2.05) is 12.1 Å². The van der Waals surface area contributed by atoms with Crippen LogP contribution < -0.4 is 16.0 Å². The Morgan fingerprint density at radius 2 is 1.58 bits per heavy atom. The summed E-state index contributed by atoms with van der Waals surface area (Å²) in [6.07, 6.45) is 6.11. The zero-order chi connectivity index (χ0) is 30.4. The first-order chi connectivity index (χ1) is 20.7. The third-order valence-electron chi connectivity index (χ3n) is 7.57. The zero-order valence-corrected chi connectivity index (χ0v) is 24.8. The molecule has 1 fully saturated rings. The van der Waals surface area contributed by atoms with Crippen molar-refractivity contribution in [2.45, 2.75) is 49.0 Å².